The number of aliphatic hydroxyl groups is 1. The molecule has 0 radical (unpaired) electrons. The van der Waals surface area contributed by atoms with Gasteiger partial charge in [-0.3, -0.25) is 14.5 Å². The van der Waals surface area contributed by atoms with Gasteiger partial charge in [0.05, 0.1) is 5.57 Å². The number of Topliss-reactive ketones (excluding diaryl/α,β-unsaturated/α-hetero) is 1. The van der Waals surface area contributed by atoms with Crippen LogP contribution in [0.2, 0.25) is 0 Å². The van der Waals surface area contributed by atoms with Gasteiger partial charge in [0.2, 0.25) is 0 Å². The number of amides is 1. The van der Waals surface area contributed by atoms with E-state index in [2.05, 4.69) is 4.98 Å². The molecule has 3 aromatic rings. The minimum atomic E-state index is -0.693. The number of hydrogen-bond donors (Lipinski definition) is 1. The van der Waals surface area contributed by atoms with Gasteiger partial charge in [0.25, 0.3) is 5.78 Å². The van der Waals surface area contributed by atoms with E-state index in [1.165, 1.54) is 27.6 Å². The van der Waals surface area contributed by atoms with Crippen LogP contribution < -0.4 is 4.90 Å². The number of carbonyl (C=O) groups excluding carboxylic acids is 2. The first kappa shape index (κ1) is 17.6. The van der Waals surface area contributed by atoms with Gasteiger partial charge in [-0.1, -0.05) is 23.8 Å². The molecule has 0 saturated carbocycles. The van der Waals surface area contributed by atoms with Crippen molar-refractivity contribution in [3.63, 3.8) is 0 Å². The zero-order valence-electron chi connectivity index (χ0n) is 14.7. The molecular formula is C20H16N2O3S2. The molecule has 5 nitrogen and oxygen atoms in total. The van der Waals surface area contributed by atoms with Crippen LogP contribution in [0.15, 0.2) is 52.9 Å². The van der Waals surface area contributed by atoms with Crippen LogP contribution in [0.3, 0.4) is 0 Å². The lowest BCUT2D eigenvalue weighted by Crippen LogP contribution is -2.28. The summed E-state index contributed by atoms with van der Waals surface area (Å²) in [4.78, 5) is 32.1. The average Bonchev–Trinajstić information content (AvgIpc) is 3.39. The Morgan fingerprint density at radius 1 is 1.15 bits per heavy atom. The number of benzene rings is 1. The molecule has 1 saturated heterocycles. The number of nitrogens with zero attached hydrogens (tertiary/aromatic N) is 2. The third-order valence-electron chi connectivity index (χ3n) is 4.53. The number of thiazole rings is 1. The van der Waals surface area contributed by atoms with Crippen molar-refractivity contribution in [3.8, 4) is 0 Å². The Morgan fingerprint density at radius 3 is 2.63 bits per heavy atom. The fourth-order valence-electron chi connectivity index (χ4n) is 3.22. The van der Waals surface area contributed by atoms with E-state index in [4.69, 9.17) is 0 Å². The Bertz CT molecular complexity index is 1050. The molecule has 2 aromatic heterocycles. The number of hydrogen-bond acceptors (Lipinski definition) is 6. The number of thiophene rings is 1. The fraction of sp³-hybridized carbons (Fsp3) is 0.150. The molecule has 7 heteroatoms. The normalized spacial score (nSPS) is 19.0. The van der Waals surface area contributed by atoms with Crippen molar-refractivity contribution in [2.24, 2.45) is 0 Å². The summed E-state index contributed by atoms with van der Waals surface area (Å²) < 4.78 is 0. The summed E-state index contributed by atoms with van der Waals surface area (Å²) in [6.45, 7) is 3.78. The van der Waals surface area contributed by atoms with Crippen LogP contribution in [0.4, 0.5) is 5.13 Å². The smallest absolute Gasteiger partial charge is 0.301 e. The molecule has 1 atom stereocenters. The Kier molecular flexibility index (Phi) is 4.41. The van der Waals surface area contributed by atoms with Gasteiger partial charge in [0, 0.05) is 22.0 Å². The van der Waals surface area contributed by atoms with Crippen LogP contribution in [-0.4, -0.2) is 21.8 Å². The second-order valence-corrected chi connectivity index (χ2v) is 8.17. The van der Waals surface area contributed by atoms with Crippen molar-refractivity contribution in [3.05, 3.63) is 74.4 Å². The van der Waals surface area contributed by atoms with Gasteiger partial charge in [0.15, 0.2) is 5.13 Å². The minimum absolute atomic E-state index is 0.103. The van der Waals surface area contributed by atoms with Crippen LogP contribution in [0.1, 0.15) is 27.6 Å². The van der Waals surface area contributed by atoms with Crippen LogP contribution in [-0.2, 0) is 9.59 Å². The third-order valence-corrected chi connectivity index (χ3v) is 6.23. The highest BCUT2D eigenvalue weighted by Gasteiger charge is 2.48. The van der Waals surface area contributed by atoms with Gasteiger partial charge in [-0.2, -0.15) is 0 Å². The number of rotatable bonds is 3. The summed E-state index contributed by atoms with van der Waals surface area (Å²) in [5.74, 6) is -1.51. The lowest BCUT2D eigenvalue weighted by molar-refractivity contribution is -0.132. The maximum absolute atomic E-state index is 12.9. The molecule has 1 fully saturated rings. The Balaban J connectivity index is 1.96. The first-order chi connectivity index (χ1) is 13.0. The predicted molar refractivity (Wildman–Crippen MR) is 107 cm³/mol. The van der Waals surface area contributed by atoms with Gasteiger partial charge in [-0.05, 0) is 36.9 Å². The summed E-state index contributed by atoms with van der Waals surface area (Å²) >= 11 is 2.72. The largest absolute Gasteiger partial charge is 0.507 e. The van der Waals surface area contributed by atoms with Gasteiger partial charge in [-0.15, -0.1) is 22.7 Å². The SMILES string of the molecule is Cc1ccc(C)c(C(O)=C2C(=O)C(=O)N(c3nccs3)C2c2cccs2)c1. The molecule has 1 aliphatic rings. The number of ketones is 1. The van der Waals surface area contributed by atoms with Crippen molar-refractivity contribution in [2.45, 2.75) is 19.9 Å². The number of carbonyl (C=O) groups is 2. The molecule has 0 bridgehead atoms. The van der Waals surface area contributed by atoms with Crippen molar-refractivity contribution >= 4 is 45.3 Å². The van der Waals surface area contributed by atoms with Crippen LogP contribution in [0, 0.1) is 13.8 Å². The first-order valence-corrected chi connectivity index (χ1v) is 10.1. The lowest BCUT2D eigenvalue weighted by Gasteiger charge is -2.21. The first-order valence-electron chi connectivity index (χ1n) is 8.30. The van der Waals surface area contributed by atoms with Crippen LogP contribution >= 0.6 is 22.7 Å². The van der Waals surface area contributed by atoms with Gasteiger partial charge in [0.1, 0.15) is 11.8 Å². The maximum Gasteiger partial charge on any atom is 0.301 e. The van der Waals surface area contributed by atoms with E-state index in [1.807, 2.05) is 49.6 Å². The highest BCUT2D eigenvalue weighted by Crippen LogP contribution is 2.44. The topological polar surface area (TPSA) is 70.5 Å². The molecule has 3 heterocycles. The van der Waals surface area contributed by atoms with Crippen molar-refractivity contribution < 1.29 is 14.7 Å². The van der Waals surface area contributed by atoms with E-state index in [-0.39, 0.29) is 11.3 Å². The minimum Gasteiger partial charge on any atom is -0.507 e. The summed E-state index contributed by atoms with van der Waals surface area (Å²) in [7, 11) is 0. The number of aliphatic hydroxyl groups excluding tert-OH is 1. The van der Waals surface area contributed by atoms with Crippen LogP contribution in [0.25, 0.3) is 5.76 Å². The summed E-state index contributed by atoms with van der Waals surface area (Å²) in [6.07, 6.45) is 1.59. The molecule has 27 heavy (non-hydrogen) atoms. The van der Waals surface area contributed by atoms with Crippen molar-refractivity contribution in [1.82, 2.24) is 4.98 Å². The monoisotopic (exact) mass is 396 g/mol. The van der Waals surface area contributed by atoms with Gasteiger partial charge < -0.3 is 5.11 Å². The molecular weight excluding hydrogens is 380 g/mol. The molecule has 4 rings (SSSR count). The van der Waals surface area contributed by atoms with E-state index in [9.17, 15) is 14.7 Å². The second kappa shape index (κ2) is 6.75. The summed E-state index contributed by atoms with van der Waals surface area (Å²) in [6, 6.07) is 8.69. The Labute approximate surface area is 164 Å². The van der Waals surface area contributed by atoms with E-state index in [0.717, 1.165) is 16.0 Å². The van der Waals surface area contributed by atoms with Crippen molar-refractivity contribution in [1.29, 1.82) is 0 Å². The third kappa shape index (κ3) is 2.89. The van der Waals surface area contributed by atoms with Crippen molar-refractivity contribution in [2.75, 3.05) is 4.90 Å². The Morgan fingerprint density at radius 2 is 1.96 bits per heavy atom. The molecule has 1 amide bonds. The van der Waals surface area contributed by atoms with Crippen LogP contribution in [0.5, 0.6) is 0 Å². The quantitative estimate of drug-likeness (QED) is 0.403. The standard InChI is InChI=1S/C20H16N2O3S2/c1-11-5-6-12(2)13(10-11)17(23)15-16(14-4-3-8-26-14)22(19(25)18(15)24)20-21-7-9-27-20/h3-10,16,23H,1-2H3. The van der Waals surface area contributed by atoms with Gasteiger partial charge in [-0.25, -0.2) is 4.98 Å². The highest BCUT2D eigenvalue weighted by atomic mass is 32.1. The molecule has 0 aliphatic carbocycles. The van der Waals surface area contributed by atoms with E-state index in [0.29, 0.717) is 10.7 Å². The average molecular weight is 396 g/mol. The Hall–Kier alpha value is -2.77. The maximum atomic E-state index is 12.9. The molecule has 1 N–H and O–H groups in total. The molecule has 1 unspecified atom stereocenters. The lowest BCUT2D eigenvalue weighted by atomic mass is 9.96. The fourth-order valence-corrected chi connectivity index (χ4v) is 4.71. The number of anilines is 1. The van der Waals surface area contributed by atoms with Gasteiger partial charge >= 0.3 is 5.91 Å². The second-order valence-electron chi connectivity index (χ2n) is 6.32. The van der Waals surface area contributed by atoms with E-state index >= 15 is 0 Å². The number of aromatic nitrogens is 1. The number of aryl methyl sites for hydroxylation is 2. The highest BCUT2D eigenvalue weighted by molar-refractivity contribution is 7.14. The zero-order chi connectivity index (χ0) is 19.1. The van der Waals surface area contributed by atoms with E-state index in [1.54, 1.807) is 11.6 Å². The molecule has 136 valence electrons. The summed E-state index contributed by atoms with van der Waals surface area (Å²) in [5, 5.41) is 15.1. The predicted octanol–water partition coefficient (Wildman–Crippen LogP) is 4.45. The molecule has 0 spiro atoms. The zero-order valence-corrected chi connectivity index (χ0v) is 16.3. The molecule has 1 aromatic carbocycles. The summed E-state index contributed by atoms with van der Waals surface area (Å²) in [5.41, 5.74) is 2.47. The molecule has 1 aliphatic heterocycles. The van der Waals surface area contributed by atoms with E-state index < -0.39 is 17.7 Å².